The summed E-state index contributed by atoms with van der Waals surface area (Å²) in [4.78, 5) is 0. The summed E-state index contributed by atoms with van der Waals surface area (Å²) in [7, 11) is -22.9. The van der Waals surface area contributed by atoms with E-state index in [9.17, 15) is 12.5 Å². The summed E-state index contributed by atoms with van der Waals surface area (Å²) in [5.41, 5.74) is 0. The van der Waals surface area contributed by atoms with Crippen molar-refractivity contribution in [3.8, 4) is 0 Å². The number of benzene rings is 18. The molecule has 0 fully saturated rings. The molecule has 18 aromatic carbocycles. The van der Waals surface area contributed by atoms with Crippen molar-refractivity contribution >= 4 is 244 Å². The van der Waals surface area contributed by atoms with Crippen LogP contribution in [0.2, 0.25) is 0 Å². The van der Waals surface area contributed by atoms with Crippen LogP contribution < -0.4 is 93.4 Å². The first-order chi connectivity index (χ1) is 61.4. The van der Waals surface area contributed by atoms with Crippen molar-refractivity contribution in [2.24, 2.45) is 0 Å². The van der Waals surface area contributed by atoms with E-state index in [-0.39, 0.29) is 27.3 Å². The van der Waals surface area contributed by atoms with Gasteiger partial charge in [0.2, 0.25) is 0 Å². The van der Waals surface area contributed by atoms with Crippen LogP contribution in [0.15, 0.2) is 546 Å². The van der Waals surface area contributed by atoms with Gasteiger partial charge in [0.25, 0.3) is 0 Å². The van der Waals surface area contributed by atoms with Gasteiger partial charge in [-0.05, 0) is 0 Å². The third kappa shape index (κ3) is 18.7. The Morgan fingerprint density at radius 1 is 0.152 bits per heavy atom. The average Bonchev–Trinajstić information content (AvgIpc) is 0.705. The molecule has 17 heteroatoms. The SMILES string of the molecule is [Pb].[Pb][O][Si](c1ccccc1)(c1ccccc1)c1ccccc1.c1ccc([Si]([O][Pb]([O][Si](c2ccccc2)(c2ccccc2)c2ccccc2)[O][Pb]([O][Si](c2ccccc2)(c2ccccc2)c2ccccc2)([O][Si](c2ccccc2)(c2ccccc2)c2ccccc2)[O][Si](c2ccccc2)(c2ccccc2)c2ccccc2)(c2ccccc2)c2ccccc2)cc1. The molecule has 7 nitrogen and oxygen atoms in total. The van der Waals surface area contributed by atoms with Gasteiger partial charge >= 0.3 is 777 Å². The van der Waals surface area contributed by atoms with Crippen LogP contribution in [0.5, 0.6) is 0 Å². The Bertz CT molecular complexity index is 5260. The molecular weight excluding hydrogens is 2410 g/mol. The van der Waals surface area contributed by atoms with E-state index in [1.54, 1.807) is 0 Å². The second-order valence-electron chi connectivity index (χ2n) is 30.1. The van der Waals surface area contributed by atoms with Gasteiger partial charge in [0.1, 0.15) is 0 Å². The first kappa shape index (κ1) is 89.1. The monoisotopic (exact) mass is 2500 g/mol. The molecule has 604 valence electrons. The molecule has 0 saturated heterocycles. The zero-order valence-corrected chi connectivity index (χ0v) is 90.4. The first-order valence-electron chi connectivity index (χ1n) is 41.8. The Hall–Kier alpha value is -9.33. The molecule has 0 aliphatic rings. The molecule has 125 heavy (non-hydrogen) atoms. The van der Waals surface area contributed by atoms with Crippen molar-refractivity contribution in [1.29, 1.82) is 0 Å². The fourth-order valence-corrected chi connectivity index (χ4v) is 121. The topological polar surface area (TPSA) is 64.6 Å². The Kier molecular flexibility index (Phi) is 30.3. The molecule has 18 aromatic rings. The Balaban J connectivity index is 0.000000456. The van der Waals surface area contributed by atoms with Crippen LogP contribution >= 0.6 is 0 Å². The Morgan fingerprint density at radius 2 is 0.256 bits per heavy atom. The van der Waals surface area contributed by atoms with Crippen LogP contribution in [0.25, 0.3) is 0 Å². The Labute approximate surface area is 795 Å². The third-order valence-corrected chi connectivity index (χ3v) is 96.4. The summed E-state index contributed by atoms with van der Waals surface area (Å²) < 4.78 is 63.1. The number of rotatable bonds is 31. The molecule has 0 atom stereocenters. The van der Waals surface area contributed by atoms with Crippen molar-refractivity contribution in [2.45, 2.75) is 0 Å². The molecular formula is C108H90O7Pb4Si6. The van der Waals surface area contributed by atoms with Crippen LogP contribution in [0.3, 0.4) is 0 Å². The van der Waals surface area contributed by atoms with Crippen LogP contribution in [0, 0.1) is 0 Å². The average molecular weight is 2500 g/mol. The van der Waals surface area contributed by atoms with Crippen LogP contribution in [-0.4, -0.2) is 150 Å². The van der Waals surface area contributed by atoms with E-state index >= 15 is 0 Å². The zero-order chi connectivity index (χ0) is 84.1. The van der Waals surface area contributed by atoms with Crippen molar-refractivity contribution in [3.05, 3.63) is 546 Å². The molecule has 0 N–H and O–H groups in total. The van der Waals surface area contributed by atoms with Gasteiger partial charge in [-0.1, -0.05) is 0 Å². The number of hydrogen-bond acceptors (Lipinski definition) is 7. The second kappa shape index (κ2) is 42.5. The van der Waals surface area contributed by atoms with Crippen molar-refractivity contribution < 1.29 is 14.9 Å². The van der Waals surface area contributed by atoms with Crippen molar-refractivity contribution in [1.82, 2.24) is 0 Å². The van der Waals surface area contributed by atoms with Crippen LogP contribution in [-0.2, 0) is 14.9 Å². The number of hydrogen-bond donors (Lipinski definition) is 0. The molecule has 0 unspecified atom stereocenters. The van der Waals surface area contributed by atoms with Gasteiger partial charge in [0, 0.05) is 27.3 Å². The maximum absolute atomic E-state index is 9.61. The predicted molar refractivity (Wildman–Crippen MR) is 535 cm³/mol. The molecule has 0 aromatic heterocycles. The predicted octanol–water partition coefficient (Wildman–Crippen LogP) is 11.2. The summed E-state index contributed by atoms with van der Waals surface area (Å²) >= 11 is -12.4. The second-order valence-corrected chi connectivity index (χ2v) is 77.8. The van der Waals surface area contributed by atoms with E-state index < -0.39 is 96.9 Å². The van der Waals surface area contributed by atoms with Crippen molar-refractivity contribution in [3.63, 3.8) is 0 Å². The third-order valence-electron chi connectivity index (χ3n) is 22.9. The standard InChI is InChI=1S/6C18H15OSi.O.4Pb/c6*19-20(16-10-4-1-5-11-16,17-12-6-2-7-13-17)18-14-8-3-9-15-18;;;;;/h6*1-15H;;;;;/q6*-1;;;+1;+2;+3. The summed E-state index contributed by atoms with van der Waals surface area (Å²) in [5, 5.41) is 18.8. The molecule has 0 saturated carbocycles. The fourth-order valence-electron chi connectivity index (χ4n) is 17.3. The van der Waals surface area contributed by atoms with Crippen LogP contribution in [0.1, 0.15) is 0 Å². The molecule has 0 aliphatic carbocycles. The summed E-state index contributed by atoms with van der Waals surface area (Å²) in [6.07, 6.45) is 0. The molecule has 0 amide bonds. The summed E-state index contributed by atoms with van der Waals surface area (Å²) in [6.45, 7) is 0. The fraction of sp³-hybridized carbons (Fsp3) is 0. The van der Waals surface area contributed by atoms with Gasteiger partial charge in [-0.3, -0.25) is 0 Å². The molecule has 0 bridgehead atoms. The normalized spacial score (nSPS) is 12.0. The Morgan fingerprint density at radius 3 is 0.368 bits per heavy atom. The molecule has 18 rings (SSSR count). The van der Waals surface area contributed by atoms with Gasteiger partial charge in [0.05, 0.1) is 0 Å². The van der Waals surface area contributed by atoms with Crippen LogP contribution in [0.4, 0.5) is 0 Å². The van der Waals surface area contributed by atoms with Gasteiger partial charge in [-0.15, -0.1) is 0 Å². The zero-order valence-electron chi connectivity index (χ0n) is 68.8. The molecule has 8 radical (unpaired) electrons. The quantitative estimate of drug-likeness (QED) is 0.0317. The van der Waals surface area contributed by atoms with Gasteiger partial charge in [-0.25, -0.2) is 0 Å². The van der Waals surface area contributed by atoms with E-state index in [0.29, 0.717) is 26.2 Å². The molecule has 0 aliphatic heterocycles. The van der Waals surface area contributed by atoms with E-state index in [1.165, 1.54) is 15.6 Å². The molecule has 0 spiro atoms. The van der Waals surface area contributed by atoms with Gasteiger partial charge in [-0.2, -0.15) is 0 Å². The maximum atomic E-state index is 9.61. The summed E-state index contributed by atoms with van der Waals surface area (Å²) in [6, 6.07) is 194. The summed E-state index contributed by atoms with van der Waals surface area (Å²) in [5.74, 6) is 0. The van der Waals surface area contributed by atoms with Gasteiger partial charge < -0.3 is 0 Å². The first-order valence-corrected chi connectivity index (χ1v) is 65.9. The van der Waals surface area contributed by atoms with E-state index in [2.05, 4.69) is 546 Å². The van der Waals surface area contributed by atoms with Gasteiger partial charge in [0.15, 0.2) is 0 Å². The minimum atomic E-state index is -7.40. The van der Waals surface area contributed by atoms with E-state index in [0.717, 1.165) is 77.8 Å². The van der Waals surface area contributed by atoms with E-state index in [4.69, 9.17) is 2.38 Å². The molecule has 0 heterocycles. The van der Waals surface area contributed by atoms with Crippen molar-refractivity contribution in [2.75, 3.05) is 0 Å². The minimum absolute atomic E-state index is 0. The van der Waals surface area contributed by atoms with E-state index in [1.807, 2.05) is 0 Å².